The molecule has 0 aromatic heterocycles. The smallest absolute Gasteiger partial charge is 0.224 e. The second kappa shape index (κ2) is 5.37. The molecule has 1 aliphatic rings. The molecule has 3 nitrogen and oxygen atoms in total. The normalized spacial score (nSPS) is 13.7. The second-order valence-corrected chi connectivity index (χ2v) is 5.89. The summed E-state index contributed by atoms with van der Waals surface area (Å²) in [7, 11) is 0. The molecule has 3 rings (SSSR count). The number of carbonyl (C=O) groups is 1. The number of hydrogen-bond donors (Lipinski definition) is 2. The lowest BCUT2D eigenvalue weighted by Crippen LogP contribution is -2.19. The lowest BCUT2D eigenvalue weighted by atomic mass is 10.0. The van der Waals surface area contributed by atoms with Crippen LogP contribution in [0.1, 0.15) is 12.0 Å². The Hall–Kier alpha value is -2.08. The SMILES string of the molecule is Nc1cc2c(cc1Sc1ccc(F)c(F)c1)CCC(=O)N2. The lowest BCUT2D eigenvalue weighted by Gasteiger charge is -2.19. The number of nitrogens with two attached hydrogens (primary N) is 1. The van der Waals surface area contributed by atoms with Crippen LogP contribution in [0.3, 0.4) is 0 Å². The van der Waals surface area contributed by atoms with Crippen LogP contribution in [0.5, 0.6) is 0 Å². The molecule has 2 aromatic rings. The third-order valence-electron chi connectivity index (χ3n) is 3.25. The van der Waals surface area contributed by atoms with Crippen molar-refractivity contribution in [1.29, 1.82) is 0 Å². The zero-order valence-corrected chi connectivity index (χ0v) is 11.8. The van der Waals surface area contributed by atoms with E-state index >= 15 is 0 Å². The van der Waals surface area contributed by atoms with Crippen molar-refractivity contribution >= 4 is 29.0 Å². The number of carbonyl (C=O) groups excluding carboxylic acids is 1. The Labute approximate surface area is 124 Å². The first-order valence-electron chi connectivity index (χ1n) is 6.38. The maximum Gasteiger partial charge on any atom is 0.224 e. The van der Waals surface area contributed by atoms with E-state index in [0.717, 1.165) is 28.3 Å². The number of amides is 1. The second-order valence-electron chi connectivity index (χ2n) is 4.77. The number of aryl methyl sites for hydroxylation is 1. The number of anilines is 2. The molecule has 0 saturated carbocycles. The Kier molecular flexibility index (Phi) is 3.55. The van der Waals surface area contributed by atoms with Crippen molar-refractivity contribution in [1.82, 2.24) is 0 Å². The summed E-state index contributed by atoms with van der Waals surface area (Å²) in [5.41, 5.74) is 8.17. The van der Waals surface area contributed by atoms with Crippen LogP contribution in [0.2, 0.25) is 0 Å². The van der Waals surface area contributed by atoms with Gasteiger partial charge in [-0.05, 0) is 42.3 Å². The average molecular weight is 306 g/mol. The molecule has 6 heteroatoms. The third-order valence-corrected chi connectivity index (χ3v) is 4.31. The van der Waals surface area contributed by atoms with Crippen LogP contribution in [0.4, 0.5) is 20.2 Å². The number of nitrogens with one attached hydrogen (secondary N) is 1. The molecule has 3 N–H and O–H groups in total. The molecule has 0 atom stereocenters. The first kappa shape index (κ1) is 13.9. The summed E-state index contributed by atoms with van der Waals surface area (Å²) in [6.45, 7) is 0. The zero-order chi connectivity index (χ0) is 15.0. The van der Waals surface area contributed by atoms with Gasteiger partial charge in [-0.15, -0.1) is 0 Å². The van der Waals surface area contributed by atoms with E-state index in [0.29, 0.717) is 23.4 Å². The van der Waals surface area contributed by atoms with E-state index in [1.807, 2.05) is 6.07 Å². The van der Waals surface area contributed by atoms with Gasteiger partial charge in [-0.1, -0.05) is 11.8 Å². The van der Waals surface area contributed by atoms with E-state index < -0.39 is 11.6 Å². The van der Waals surface area contributed by atoms with Crippen molar-refractivity contribution in [3.63, 3.8) is 0 Å². The Morgan fingerprint density at radius 3 is 2.67 bits per heavy atom. The first-order valence-corrected chi connectivity index (χ1v) is 7.20. The first-order chi connectivity index (χ1) is 10.0. The summed E-state index contributed by atoms with van der Waals surface area (Å²) < 4.78 is 26.2. The average Bonchev–Trinajstić information content (AvgIpc) is 2.44. The van der Waals surface area contributed by atoms with Gasteiger partial charge in [0, 0.05) is 27.6 Å². The van der Waals surface area contributed by atoms with Crippen LogP contribution in [-0.4, -0.2) is 5.91 Å². The van der Waals surface area contributed by atoms with E-state index in [9.17, 15) is 13.6 Å². The topological polar surface area (TPSA) is 55.1 Å². The number of hydrogen-bond acceptors (Lipinski definition) is 3. The Bertz CT molecular complexity index is 734. The van der Waals surface area contributed by atoms with Gasteiger partial charge >= 0.3 is 0 Å². The fourth-order valence-corrected chi connectivity index (χ4v) is 3.11. The van der Waals surface area contributed by atoms with Gasteiger partial charge in [-0.2, -0.15) is 0 Å². The number of benzene rings is 2. The molecule has 21 heavy (non-hydrogen) atoms. The summed E-state index contributed by atoms with van der Waals surface area (Å²) >= 11 is 1.27. The van der Waals surface area contributed by atoms with Crippen LogP contribution in [0, 0.1) is 11.6 Å². The summed E-state index contributed by atoms with van der Waals surface area (Å²) in [5, 5.41) is 2.77. The van der Waals surface area contributed by atoms with Crippen molar-refractivity contribution in [2.45, 2.75) is 22.6 Å². The van der Waals surface area contributed by atoms with Crippen molar-refractivity contribution in [2.75, 3.05) is 11.1 Å². The number of fused-ring (bicyclic) bond motifs is 1. The van der Waals surface area contributed by atoms with Crippen LogP contribution < -0.4 is 11.1 Å². The van der Waals surface area contributed by atoms with Crippen molar-refractivity contribution < 1.29 is 13.6 Å². The standard InChI is InChI=1S/C15H12F2N2OS/c16-10-3-2-9(6-11(10)17)21-14-5-8-1-4-15(20)19-13(8)7-12(14)18/h2-3,5-7H,1,4,18H2,(H,19,20). The number of halogens is 2. The zero-order valence-electron chi connectivity index (χ0n) is 11.0. The van der Waals surface area contributed by atoms with E-state index in [1.165, 1.54) is 17.8 Å². The van der Waals surface area contributed by atoms with Gasteiger partial charge in [0.15, 0.2) is 11.6 Å². The van der Waals surface area contributed by atoms with Crippen LogP contribution in [-0.2, 0) is 11.2 Å². The Morgan fingerprint density at radius 2 is 1.90 bits per heavy atom. The highest BCUT2D eigenvalue weighted by atomic mass is 32.2. The molecular weight excluding hydrogens is 294 g/mol. The highest BCUT2D eigenvalue weighted by Crippen LogP contribution is 2.37. The molecule has 0 saturated heterocycles. The number of rotatable bonds is 2. The fraction of sp³-hybridized carbons (Fsp3) is 0.133. The van der Waals surface area contributed by atoms with Crippen LogP contribution in [0.15, 0.2) is 40.1 Å². The molecule has 0 aliphatic carbocycles. The molecule has 0 radical (unpaired) electrons. The summed E-state index contributed by atoms with van der Waals surface area (Å²) in [6.07, 6.45) is 1.08. The largest absolute Gasteiger partial charge is 0.398 e. The molecule has 2 aromatic carbocycles. The van der Waals surface area contributed by atoms with Gasteiger partial charge in [0.2, 0.25) is 5.91 Å². The van der Waals surface area contributed by atoms with Crippen molar-refractivity contribution in [3.8, 4) is 0 Å². The molecule has 1 amide bonds. The molecule has 0 unspecified atom stereocenters. The summed E-state index contributed by atoms with van der Waals surface area (Å²) in [6, 6.07) is 7.32. The highest BCUT2D eigenvalue weighted by molar-refractivity contribution is 7.99. The predicted molar refractivity (Wildman–Crippen MR) is 78.3 cm³/mol. The molecule has 0 bridgehead atoms. The van der Waals surface area contributed by atoms with E-state index in [1.54, 1.807) is 6.07 Å². The summed E-state index contributed by atoms with van der Waals surface area (Å²) in [4.78, 5) is 12.7. The van der Waals surface area contributed by atoms with Gasteiger partial charge in [-0.3, -0.25) is 4.79 Å². The van der Waals surface area contributed by atoms with Gasteiger partial charge in [0.05, 0.1) is 0 Å². The molecule has 1 aliphatic heterocycles. The van der Waals surface area contributed by atoms with Gasteiger partial charge in [0.25, 0.3) is 0 Å². The van der Waals surface area contributed by atoms with Gasteiger partial charge in [0.1, 0.15) is 0 Å². The van der Waals surface area contributed by atoms with E-state index in [4.69, 9.17) is 5.73 Å². The van der Waals surface area contributed by atoms with E-state index in [-0.39, 0.29) is 5.91 Å². The minimum absolute atomic E-state index is 0.0251. The molecular formula is C15H12F2N2OS. The quantitative estimate of drug-likeness (QED) is 0.834. The molecule has 1 heterocycles. The highest BCUT2D eigenvalue weighted by Gasteiger charge is 2.17. The minimum Gasteiger partial charge on any atom is -0.398 e. The lowest BCUT2D eigenvalue weighted by molar-refractivity contribution is -0.116. The van der Waals surface area contributed by atoms with E-state index in [2.05, 4.69) is 5.32 Å². The molecule has 108 valence electrons. The molecule has 0 fully saturated rings. The third kappa shape index (κ3) is 2.85. The predicted octanol–water partition coefficient (Wildman–Crippen LogP) is 3.58. The molecule has 0 spiro atoms. The number of nitrogen functional groups attached to an aromatic ring is 1. The fourth-order valence-electron chi connectivity index (χ4n) is 2.18. The van der Waals surface area contributed by atoms with Crippen LogP contribution >= 0.6 is 11.8 Å². The Balaban J connectivity index is 1.92. The maximum absolute atomic E-state index is 13.2. The summed E-state index contributed by atoms with van der Waals surface area (Å²) in [5.74, 6) is -1.79. The van der Waals surface area contributed by atoms with Crippen LogP contribution in [0.25, 0.3) is 0 Å². The monoisotopic (exact) mass is 306 g/mol. The van der Waals surface area contributed by atoms with Crippen molar-refractivity contribution in [2.24, 2.45) is 0 Å². The van der Waals surface area contributed by atoms with Gasteiger partial charge in [-0.25, -0.2) is 8.78 Å². The van der Waals surface area contributed by atoms with Gasteiger partial charge < -0.3 is 11.1 Å². The minimum atomic E-state index is -0.885. The van der Waals surface area contributed by atoms with Crippen molar-refractivity contribution in [3.05, 3.63) is 47.5 Å². The Morgan fingerprint density at radius 1 is 1.10 bits per heavy atom. The maximum atomic E-state index is 13.2.